The summed E-state index contributed by atoms with van der Waals surface area (Å²) in [5.41, 5.74) is 1.16. The van der Waals surface area contributed by atoms with E-state index in [0.29, 0.717) is 21.2 Å². The Bertz CT molecular complexity index is 846. The maximum atomic E-state index is 12.5. The Morgan fingerprint density at radius 3 is 2.42 bits per heavy atom. The quantitative estimate of drug-likeness (QED) is 0.767. The molecular formula is C17H11Cl2NO3S. The fraction of sp³-hybridized carbons (Fsp3) is 0.0588. The molecule has 1 aliphatic heterocycles. The summed E-state index contributed by atoms with van der Waals surface area (Å²) in [5, 5.41) is 9.90. The van der Waals surface area contributed by atoms with E-state index in [2.05, 4.69) is 0 Å². The summed E-state index contributed by atoms with van der Waals surface area (Å²) in [6.07, 6.45) is 1.57. The highest BCUT2D eigenvalue weighted by Gasteiger charge is 2.35. The van der Waals surface area contributed by atoms with Crippen molar-refractivity contribution in [3.8, 4) is 5.75 Å². The monoisotopic (exact) mass is 379 g/mol. The Labute approximate surface area is 152 Å². The zero-order valence-corrected chi connectivity index (χ0v) is 14.5. The maximum Gasteiger partial charge on any atom is 0.293 e. The number of phenols is 1. The first-order valence-electron chi connectivity index (χ1n) is 6.93. The maximum absolute atomic E-state index is 12.5. The van der Waals surface area contributed by atoms with Gasteiger partial charge in [-0.3, -0.25) is 14.5 Å². The van der Waals surface area contributed by atoms with Crippen molar-refractivity contribution in [2.24, 2.45) is 0 Å². The summed E-state index contributed by atoms with van der Waals surface area (Å²) in [7, 11) is 0. The zero-order valence-electron chi connectivity index (χ0n) is 12.2. The van der Waals surface area contributed by atoms with Crippen LogP contribution in [-0.2, 0) is 11.3 Å². The average molecular weight is 380 g/mol. The molecule has 0 saturated carbocycles. The molecule has 0 spiro atoms. The second-order valence-electron chi connectivity index (χ2n) is 5.06. The SMILES string of the molecule is O=C1S/C(=C\c2cccc(O)c2)C(=O)N1Cc1c(Cl)cccc1Cl. The van der Waals surface area contributed by atoms with Gasteiger partial charge in [-0.1, -0.05) is 41.4 Å². The van der Waals surface area contributed by atoms with E-state index in [-0.39, 0.29) is 22.4 Å². The highest BCUT2D eigenvalue weighted by atomic mass is 35.5. The van der Waals surface area contributed by atoms with E-state index in [1.165, 1.54) is 12.1 Å². The lowest BCUT2D eigenvalue weighted by Gasteiger charge is -2.14. The summed E-state index contributed by atoms with van der Waals surface area (Å²) in [6, 6.07) is 11.5. The second-order valence-corrected chi connectivity index (χ2v) is 6.87. The summed E-state index contributed by atoms with van der Waals surface area (Å²) < 4.78 is 0. The minimum Gasteiger partial charge on any atom is -0.508 e. The number of thioether (sulfide) groups is 1. The number of halogens is 2. The van der Waals surface area contributed by atoms with E-state index in [1.54, 1.807) is 36.4 Å². The third-order valence-electron chi connectivity index (χ3n) is 3.42. The lowest BCUT2D eigenvalue weighted by Crippen LogP contribution is -2.27. The minimum atomic E-state index is -0.413. The molecular weight excluding hydrogens is 369 g/mol. The number of amides is 2. The molecule has 2 amide bonds. The standard InChI is InChI=1S/C17H11Cl2NO3S/c18-13-5-2-6-14(19)12(13)9-20-16(22)15(24-17(20)23)8-10-3-1-4-11(21)7-10/h1-8,21H,9H2/b15-8-. The van der Waals surface area contributed by atoms with Gasteiger partial charge >= 0.3 is 0 Å². The number of carbonyl (C=O) groups excluding carboxylic acids is 2. The Morgan fingerprint density at radius 2 is 1.75 bits per heavy atom. The van der Waals surface area contributed by atoms with Gasteiger partial charge in [-0.2, -0.15) is 0 Å². The van der Waals surface area contributed by atoms with E-state index in [9.17, 15) is 14.7 Å². The van der Waals surface area contributed by atoms with Gasteiger partial charge in [0.1, 0.15) is 5.75 Å². The second kappa shape index (κ2) is 6.89. The number of rotatable bonds is 3. The van der Waals surface area contributed by atoms with Gasteiger partial charge in [0.25, 0.3) is 11.1 Å². The molecule has 0 atom stereocenters. The fourth-order valence-electron chi connectivity index (χ4n) is 2.24. The predicted molar refractivity (Wildman–Crippen MR) is 96.1 cm³/mol. The number of hydrogen-bond donors (Lipinski definition) is 1. The van der Waals surface area contributed by atoms with Crippen LogP contribution in [0.25, 0.3) is 6.08 Å². The summed E-state index contributed by atoms with van der Waals surface area (Å²) in [5.74, 6) is -0.324. The van der Waals surface area contributed by atoms with Crippen molar-refractivity contribution in [3.05, 3.63) is 68.5 Å². The van der Waals surface area contributed by atoms with E-state index >= 15 is 0 Å². The molecule has 4 nitrogen and oxygen atoms in total. The Hall–Kier alpha value is -1.95. The molecule has 0 radical (unpaired) electrons. The number of nitrogens with zero attached hydrogens (tertiary/aromatic N) is 1. The molecule has 122 valence electrons. The Balaban J connectivity index is 1.87. The van der Waals surface area contributed by atoms with Crippen LogP contribution in [0, 0.1) is 0 Å². The van der Waals surface area contributed by atoms with Crippen LogP contribution < -0.4 is 0 Å². The van der Waals surface area contributed by atoms with Crippen LogP contribution >= 0.6 is 35.0 Å². The fourth-order valence-corrected chi connectivity index (χ4v) is 3.60. The predicted octanol–water partition coefficient (Wildman–Crippen LogP) is 4.94. The lowest BCUT2D eigenvalue weighted by molar-refractivity contribution is -0.123. The van der Waals surface area contributed by atoms with Gasteiger partial charge in [0, 0.05) is 15.6 Å². The van der Waals surface area contributed by atoms with Crippen molar-refractivity contribution in [1.82, 2.24) is 4.90 Å². The van der Waals surface area contributed by atoms with Crippen molar-refractivity contribution < 1.29 is 14.7 Å². The zero-order chi connectivity index (χ0) is 17.3. The number of benzene rings is 2. The van der Waals surface area contributed by atoms with Gasteiger partial charge < -0.3 is 5.11 Å². The Morgan fingerprint density at radius 1 is 1.08 bits per heavy atom. The van der Waals surface area contributed by atoms with Crippen LogP contribution in [0.3, 0.4) is 0 Å². The van der Waals surface area contributed by atoms with Gasteiger partial charge in [-0.25, -0.2) is 0 Å². The number of phenolic OH excluding ortho intramolecular Hbond substituents is 1. The molecule has 3 rings (SSSR count). The van der Waals surface area contributed by atoms with Crippen LogP contribution in [0.4, 0.5) is 4.79 Å². The molecule has 24 heavy (non-hydrogen) atoms. The van der Waals surface area contributed by atoms with Crippen molar-refractivity contribution in [2.75, 3.05) is 0 Å². The first-order valence-corrected chi connectivity index (χ1v) is 8.50. The molecule has 1 N–H and O–H groups in total. The molecule has 1 fully saturated rings. The molecule has 0 unspecified atom stereocenters. The lowest BCUT2D eigenvalue weighted by atomic mass is 10.2. The largest absolute Gasteiger partial charge is 0.508 e. The first kappa shape index (κ1) is 16.9. The molecule has 1 saturated heterocycles. The average Bonchev–Trinajstić information content (AvgIpc) is 2.78. The normalized spacial score (nSPS) is 16.2. The number of imide groups is 1. The van der Waals surface area contributed by atoms with Crippen molar-refractivity contribution in [1.29, 1.82) is 0 Å². The molecule has 0 aromatic heterocycles. The first-order chi connectivity index (χ1) is 11.5. The summed E-state index contributed by atoms with van der Waals surface area (Å²) in [6.45, 7) is 0.0144. The molecule has 1 aliphatic rings. The van der Waals surface area contributed by atoms with Crippen LogP contribution in [-0.4, -0.2) is 21.2 Å². The van der Waals surface area contributed by atoms with E-state index < -0.39 is 5.91 Å². The molecule has 0 aliphatic carbocycles. The molecule has 2 aromatic carbocycles. The summed E-state index contributed by atoms with van der Waals surface area (Å²) in [4.78, 5) is 26.1. The van der Waals surface area contributed by atoms with Crippen LogP contribution in [0.2, 0.25) is 10.0 Å². The van der Waals surface area contributed by atoms with Gasteiger partial charge in [0.15, 0.2) is 0 Å². The van der Waals surface area contributed by atoms with E-state index in [4.69, 9.17) is 23.2 Å². The van der Waals surface area contributed by atoms with Crippen LogP contribution in [0.15, 0.2) is 47.4 Å². The third-order valence-corrected chi connectivity index (χ3v) is 5.04. The van der Waals surface area contributed by atoms with Crippen LogP contribution in [0.1, 0.15) is 11.1 Å². The topological polar surface area (TPSA) is 57.6 Å². The summed E-state index contributed by atoms with van der Waals surface area (Å²) >= 11 is 13.1. The molecule has 1 heterocycles. The highest BCUT2D eigenvalue weighted by Crippen LogP contribution is 2.35. The van der Waals surface area contributed by atoms with E-state index in [0.717, 1.165) is 16.7 Å². The number of hydrogen-bond acceptors (Lipinski definition) is 4. The molecule has 0 bridgehead atoms. The van der Waals surface area contributed by atoms with Gasteiger partial charge in [0.05, 0.1) is 11.4 Å². The van der Waals surface area contributed by atoms with Crippen molar-refractivity contribution in [3.63, 3.8) is 0 Å². The van der Waals surface area contributed by atoms with Crippen LogP contribution in [0.5, 0.6) is 5.75 Å². The number of carbonyl (C=O) groups is 2. The smallest absolute Gasteiger partial charge is 0.293 e. The molecule has 2 aromatic rings. The molecule has 7 heteroatoms. The van der Waals surface area contributed by atoms with Gasteiger partial charge in [0.2, 0.25) is 0 Å². The van der Waals surface area contributed by atoms with E-state index in [1.807, 2.05) is 0 Å². The minimum absolute atomic E-state index is 0.0144. The number of aromatic hydroxyl groups is 1. The highest BCUT2D eigenvalue weighted by molar-refractivity contribution is 8.18. The van der Waals surface area contributed by atoms with Crippen molar-refractivity contribution >= 4 is 52.2 Å². The third kappa shape index (κ3) is 3.43. The Kier molecular flexibility index (Phi) is 4.85. The van der Waals surface area contributed by atoms with Gasteiger partial charge in [-0.15, -0.1) is 0 Å². The van der Waals surface area contributed by atoms with Gasteiger partial charge in [-0.05, 0) is 47.7 Å². The van der Waals surface area contributed by atoms with Crippen molar-refractivity contribution in [2.45, 2.75) is 6.54 Å².